The Balaban J connectivity index is 1.81. The molecule has 1 aliphatic rings. The van der Waals surface area contributed by atoms with Crippen LogP contribution in [0.1, 0.15) is 17.2 Å². The van der Waals surface area contributed by atoms with Gasteiger partial charge in [0.05, 0.1) is 6.54 Å². The monoisotopic (exact) mass is 267 g/mol. The highest BCUT2D eigenvalue weighted by molar-refractivity contribution is 6.00. The van der Waals surface area contributed by atoms with E-state index in [0.29, 0.717) is 5.56 Å². The third-order valence-corrected chi connectivity index (χ3v) is 3.22. The molecule has 0 aromatic heterocycles. The lowest BCUT2D eigenvalue weighted by Crippen LogP contribution is -2.29. The Morgan fingerprint density at radius 2 is 1.50 bits per heavy atom. The second kappa shape index (κ2) is 5.17. The molecule has 4 heteroatoms. The molecule has 0 aliphatic carbocycles. The van der Waals surface area contributed by atoms with E-state index in [4.69, 9.17) is 4.74 Å². The molecular formula is C16H13NO3. The maximum absolute atomic E-state index is 12.3. The number of carbonyl (C=O) groups excluding carboxylic acids is 2. The first-order valence-corrected chi connectivity index (χ1v) is 6.36. The second-order valence-electron chi connectivity index (χ2n) is 4.58. The van der Waals surface area contributed by atoms with Crippen molar-refractivity contribution in [1.82, 2.24) is 4.90 Å². The molecular weight excluding hydrogens is 254 g/mol. The molecule has 2 aromatic rings. The zero-order valence-electron chi connectivity index (χ0n) is 10.7. The Labute approximate surface area is 116 Å². The van der Waals surface area contributed by atoms with Crippen LogP contribution < -0.4 is 0 Å². The lowest BCUT2D eigenvalue weighted by molar-refractivity contribution is -0.130. The summed E-state index contributed by atoms with van der Waals surface area (Å²) >= 11 is 0. The number of nitrogens with zero attached hydrogens (tertiary/aromatic N) is 1. The van der Waals surface area contributed by atoms with Crippen LogP contribution in [0.5, 0.6) is 0 Å². The summed E-state index contributed by atoms with van der Waals surface area (Å²) < 4.78 is 5.18. The van der Waals surface area contributed by atoms with Gasteiger partial charge in [-0.05, 0) is 5.56 Å². The highest BCUT2D eigenvalue weighted by atomic mass is 16.6. The van der Waals surface area contributed by atoms with E-state index in [2.05, 4.69) is 0 Å². The summed E-state index contributed by atoms with van der Waals surface area (Å²) in [7, 11) is 0. The lowest BCUT2D eigenvalue weighted by Gasteiger charge is -2.11. The molecule has 3 rings (SSSR count). The van der Waals surface area contributed by atoms with Gasteiger partial charge >= 0.3 is 6.09 Å². The zero-order valence-corrected chi connectivity index (χ0v) is 10.7. The molecule has 1 aliphatic heterocycles. The normalized spacial score (nSPS) is 18.2. The minimum Gasteiger partial charge on any atom is -0.431 e. The Hall–Kier alpha value is -2.62. The predicted molar refractivity (Wildman–Crippen MR) is 72.7 cm³/mol. The molecule has 1 atom stereocenters. The summed E-state index contributed by atoms with van der Waals surface area (Å²) in [4.78, 5) is 25.3. The van der Waals surface area contributed by atoms with Gasteiger partial charge in [0.1, 0.15) is 0 Å². The maximum Gasteiger partial charge on any atom is 0.418 e. The Morgan fingerprint density at radius 3 is 2.15 bits per heavy atom. The van der Waals surface area contributed by atoms with Crippen LogP contribution in [0.25, 0.3) is 0 Å². The van der Waals surface area contributed by atoms with Gasteiger partial charge in [0.25, 0.3) is 5.91 Å². The largest absolute Gasteiger partial charge is 0.431 e. The van der Waals surface area contributed by atoms with Gasteiger partial charge in [-0.2, -0.15) is 0 Å². The molecule has 1 heterocycles. The van der Waals surface area contributed by atoms with Crippen LogP contribution in [0.3, 0.4) is 0 Å². The zero-order chi connectivity index (χ0) is 13.9. The second-order valence-corrected chi connectivity index (χ2v) is 4.58. The van der Waals surface area contributed by atoms with E-state index in [1.165, 1.54) is 0 Å². The number of cyclic esters (lactones) is 1. The van der Waals surface area contributed by atoms with Gasteiger partial charge in [-0.15, -0.1) is 0 Å². The molecule has 20 heavy (non-hydrogen) atoms. The quantitative estimate of drug-likeness (QED) is 0.859. The van der Waals surface area contributed by atoms with Gasteiger partial charge in [0.2, 0.25) is 6.10 Å². The molecule has 0 N–H and O–H groups in total. The molecule has 0 bridgehead atoms. The third-order valence-electron chi connectivity index (χ3n) is 3.22. The fourth-order valence-corrected chi connectivity index (χ4v) is 2.19. The number of hydrogen-bond acceptors (Lipinski definition) is 3. The van der Waals surface area contributed by atoms with E-state index in [1.54, 1.807) is 12.1 Å². The van der Waals surface area contributed by atoms with E-state index in [-0.39, 0.29) is 12.5 Å². The van der Waals surface area contributed by atoms with E-state index in [1.807, 2.05) is 48.5 Å². The number of amides is 2. The van der Waals surface area contributed by atoms with Gasteiger partial charge in [0.15, 0.2) is 0 Å². The minimum atomic E-state index is -0.826. The van der Waals surface area contributed by atoms with Crippen molar-refractivity contribution in [2.24, 2.45) is 0 Å². The van der Waals surface area contributed by atoms with Crippen LogP contribution in [0, 0.1) is 0 Å². The van der Waals surface area contributed by atoms with Crippen LogP contribution in [-0.4, -0.2) is 16.9 Å². The van der Waals surface area contributed by atoms with Crippen LogP contribution in [0.4, 0.5) is 4.79 Å². The van der Waals surface area contributed by atoms with Crippen molar-refractivity contribution in [1.29, 1.82) is 0 Å². The average Bonchev–Trinajstić information content (AvgIpc) is 2.77. The molecule has 2 aromatic carbocycles. The molecule has 1 saturated heterocycles. The van der Waals surface area contributed by atoms with Crippen LogP contribution >= 0.6 is 0 Å². The van der Waals surface area contributed by atoms with E-state index >= 15 is 0 Å². The molecule has 100 valence electrons. The SMILES string of the molecule is O=C1OC(c2ccccc2)C(=O)N1Cc1ccccc1. The molecule has 4 nitrogen and oxygen atoms in total. The van der Waals surface area contributed by atoms with Gasteiger partial charge in [-0.3, -0.25) is 4.79 Å². The van der Waals surface area contributed by atoms with Crippen molar-refractivity contribution < 1.29 is 14.3 Å². The number of rotatable bonds is 3. The molecule has 1 fully saturated rings. The molecule has 2 amide bonds. The summed E-state index contributed by atoms with van der Waals surface area (Å²) in [6, 6.07) is 18.4. The third kappa shape index (κ3) is 2.28. The summed E-state index contributed by atoms with van der Waals surface area (Å²) in [6.07, 6.45) is -1.42. The number of ether oxygens (including phenoxy) is 1. The Kier molecular flexibility index (Phi) is 3.21. The molecule has 1 unspecified atom stereocenters. The smallest absolute Gasteiger partial charge is 0.418 e. The number of imide groups is 1. The lowest BCUT2D eigenvalue weighted by atomic mass is 10.1. The van der Waals surface area contributed by atoms with Crippen molar-refractivity contribution in [3.8, 4) is 0 Å². The van der Waals surface area contributed by atoms with Crippen LogP contribution in [-0.2, 0) is 16.1 Å². The van der Waals surface area contributed by atoms with Gasteiger partial charge in [-0.25, -0.2) is 9.69 Å². The Bertz CT molecular complexity index is 625. The fraction of sp³-hybridized carbons (Fsp3) is 0.125. The minimum absolute atomic E-state index is 0.238. The van der Waals surface area contributed by atoms with Crippen molar-refractivity contribution in [3.05, 3.63) is 71.8 Å². The predicted octanol–water partition coefficient (Wildman–Crippen LogP) is 2.91. The van der Waals surface area contributed by atoms with Crippen molar-refractivity contribution >= 4 is 12.0 Å². The Morgan fingerprint density at radius 1 is 0.900 bits per heavy atom. The van der Waals surface area contributed by atoms with Gasteiger partial charge < -0.3 is 4.74 Å². The van der Waals surface area contributed by atoms with E-state index in [9.17, 15) is 9.59 Å². The van der Waals surface area contributed by atoms with Gasteiger partial charge in [0, 0.05) is 5.56 Å². The summed E-state index contributed by atoms with van der Waals surface area (Å²) in [5.74, 6) is -0.315. The number of benzene rings is 2. The summed E-state index contributed by atoms with van der Waals surface area (Å²) in [5, 5.41) is 0. The highest BCUT2D eigenvalue weighted by Crippen LogP contribution is 2.28. The van der Waals surface area contributed by atoms with Crippen LogP contribution in [0.15, 0.2) is 60.7 Å². The highest BCUT2D eigenvalue weighted by Gasteiger charge is 2.41. The maximum atomic E-state index is 12.3. The van der Waals surface area contributed by atoms with Gasteiger partial charge in [-0.1, -0.05) is 60.7 Å². The van der Waals surface area contributed by atoms with Crippen LogP contribution in [0.2, 0.25) is 0 Å². The first-order chi connectivity index (χ1) is 9.75. The molecule has 0 saturated carbocycles. The van der Waals surface area contributed by atoms with E-state index < -0.39 is 12.2 Å². The standard InChI is InChI=1S/C16H13NO3/c18-15-14(13-9-5-2-6-10-13)20-16(19)17(15)11-12-7-3-1-4-8-12/h1-10,14H,11H2. The number of hydrogen-bond donors (Lipinski definition) is 0. The summed E-state index contributed by atoms with van der Waals surface area (Å²) in [6.45, 7) is 0.238. The van der Waals surface area contributed by atoms with E-state index in [0.717, 1.165) is 10.5 Å². The molecule has 0 spiro atoms. The average molecular weight is 267 g/mol. The number of carbonyl (C=O) groups is 2. The topological polar surface area (TPSA) is 46.6 Å². The molecule has 0 radical (unpaired) electrons. The first kappa shape index (κ1) is 12.4. The van der Waals surface area contributed by atoms with Crippen molar-refractivity contribution in [2.45, 2.75) is 12.6 Å². The fourth-order valence-electron chi connectivity index (χ4n) is 2.19. The first-order valence-electron chi connectivity index (χ1n) is 6.36. The van der Waals surface area contributed by atoms with Crippen molar-refractivity contribution in [2.75, 3.05) is 0 Å². The van der Waals surface area contributed by atoms with Crippen molar-refractivity contribution in [3.63, 3.8) is 0 Å². The summed E-state index contributed by atoms with van der Waals surface area (Å²) in [5.41, 5.74) is 1.59.